The van der Waals surface area contributed by atoms with E-state index in [0.717, 1.165) is 12.8 Å². The molecule has 17 heavy (non-hydrogen) atoms. The average molecular weight is 251 g/mol. The molecule has 0 N–H and O–H groups in total. The van der Waals surface area contributed by atoms with Gasteiger partial charge in [0.25, 0.3) is 5.69 Å². The average Bonchev–Trinajstić information content (AvgIpc) is 3.05. The first kappa shape index (κ1) is 10.5. The Morgan fingerprint density at radius 3 is 2.59 bits per heavy atom. The number of nitrogens with zero attached hydrogens (tertiary/aromatic N) is 1. The van der Waals surface area contributed by atoms with Crippen molar-refractivity contribution in [3.63, 3.8) is 0 Å². The lowest BCUT2D eigenvalue weighted by molar-refractivity contribution is -0.384. The van der Waals surface area contributed by atoms with Crippen molar-refractivity contribution >= 4 is 21.6 Å². The molecule has 1 saturated carbocycles. The Labute approximate surface area is 97.8 Å². The molecular formula is C11H9NO4S. The maximum atomic E-state index is 12.1. The van der Waals surface area contributed by atoms with Crippen molar-refractivity contribution in [2.24, 2.45) is 5.92 Å². The number of sulfone groups is 1. The molecule has 0 aromatic heterocycles. The molecule has 5 nitrogen and oxygen atoms in total. The van der Waals surface area contributed by atoms with E-state index in [2.05, 4.69) is 0 Å². The Kier molecular flexibility index (Phi) is 1.95. The first-order chi connectivity index (χ1) is 8.00. The van der Waals surface area contributed by atoms with Crippen molar-refractivity contribution in [3.05, 3.63) is 38.8 Å². The number of fused-ring (bicyclic) bond motifs is 1. The van der Waals surface area contributed by atoms with E-state index in [1.807, 2.05) is 0 Å². The highest BCUT2D eigenvalue weighted by Gasteiger charge is 2.39. The zero-order valence-electron chi connectivity index (χ0n) is 8.79. The Balaban J connectivity index is 2.18. The van der Waals surface area contributed by atoms with Crippen molar-refractivity contribution in [2.45, 2.75) is 17.7 Å². The highest BCUT2D eigenvalue weighted by atomic mass is 32.2. The van der Waals surface area contributed by atoms with Gasteiger partial charge in [-0.15, -0.1) is 0 Å². The minimum Gasteiger partial charge on any atom is -0.258 e. The highest BCUT2D eigenvalue weighted by Crippen LogP contribution is 2.47. The summed E-state index contributed by atoms with van der Waals surface area (Å²) in [5.74, 6) is 0.117. The molecular weight excluding hydrogens is 242 g/mol. The van der Waals surface area contributed by atoms with Gasteiger partial charge in [0.15, 0.2) is 0 Å². The van der Waals surface area contributed by atoms with Gasteiger partial charge in [-0.25, -0.2) is 8.42 Å². The molecule has 2 aliphatic rings. The highest BCUT2D eigenvalue weighted by molar-refractivity contribution is 7.95. The van der Waals surface area contributed by atoms with E-state index in [1.54, 1.807) is 6.08 Å². The number of rotatable bonds is 2. The Hall–Kier alpha value is -1.69. The van der Waals surface area contributed by atoms with Crippen molar-refractivity contribution in [2.75, 3.05) is 0 Å². The molecule has 3 rings (SSSR count). The van der Waals surface area contributed by atoms with Crippen LogP contribution in [0.2, 0.25) is 0 Å². The molecule has 0 spiro atoms. The number of benzene rings is 1. The third kappa shape index (κ3) is 1.48. The largest absolute Gasteiger partial charge is 0.270 e. The maximum Gasteiger partial charge on any atom is 0.270 e. The molecule has 6 heteroatoms. The molecule has 88 valence electrons. The van der Waals surface area contributed by atoms with Crippen molar-refractivity contribution in [1.82, 2.24) is 0 Å². The van der Waals surface area contributed by atoms with Gasteiger partial charge < -0.3 is 0 Å². The molecule has 0 bridgehead atoms. The van der Waals surface area contributed by atoms with E-state index in [4.69, 9.17) is 0 Å². The zero-order chi connectivity index (χ0) is 12.2. The molecule has 0 saturated heterocycles. The summed E-state index contributed by atoms with van der Waals surface area (Å²) >= 11 is 0. The number of nitro benzene ring substituents is 1. The summed E-state index contributed by atoms with van der Waals surface area (Å²) in [6.07, 6.45) is 3.36. The third-order valence-corrected chi connectivity index (χ3v) is 5.10. The van der Waals surface area contributed by atoms with Crippen LogP contribution in [-0.4, -0.2) is 13.3 Å². The van der Waals surface area contributed by atoms with Crippen LogP contribution in [0, 0.1) is 16.0 Å². The van der Waals surface area contributed by atoms with Crippen LogP contribution >= 0.6 is 0 Å². The topological polar surface area (TPSA) is 77.3 Å². The second-order valence-electron chi connectivity index (χ2n) is 4.30. The molecule has 1 aromatic carbocycles. The van der Waals surface area contributed by atoms with Gasteiger partial charge >= 0.3 is 0 Å². The molecule has 0 unspecified atom stereocenters. The predicted octanol–water partition coefficient (Wildman–Crippen LogP) is 2.13. The number of allylic oxidation sites excluding steroid dienone is 1. The van der Waals surface area contributed by atoms with Crippen molar-refractivity contribution in [3.8, 4) is 0 Å². The van der Waals surface area contributed by atoms with Gasteiger partial charge in [-0.1, -0.05) is 0 Å². The van der Waals surface area contributed by atoms with Gasteiger partial charge in [-0.05, 0) is 30.9 Å². The lowest BCUT2D eigenvalue weighted by atomic mass is 10.2. The summed E-state index contributed by atoms with van der Waals surface area (Å²) in [7, 11) is -3.39. The van der Waals surface area contributed by atoms with E-state index >= 15 is 0 Å². The molecule has 0 amide bonds. The van der Waals surface area contributed by atoms with E-state index in [-0.39, 0.29) is 16.5 Å². The number of non-ortho nitro benzene ring substituents is 1. The van der Waals surface area contributed by atoms with Gasteiger partial charge in [0.1, 0.15) is 0 Å². The van der Waals surface area contributed by atoms with Crippen LogP contribution in [0.4, 0.5) is 5.69 Å². The van der Waals surface area contributed by atoms with E-state index in [1.165, 1.54) is 18.2 Å². The van der Waals surface area contributed by atoms with E-state index in [0.29, 0.717) is 10.5 Å². The van der Waals surface area contributed by atoms with Gasteiger partial charge in [0, 0.05) is 17.7 Å². The standard InChI is InChI=1S/C11H9NO4S/c13-12(14)9-3-4-10-8(5-9)6-11(7-1-2-7)17(10,15)16/h3-7H,1-2H2. The van der Waals surface area contributed by atoms with Crippen LogP contribution in [-0.2, 0) is 9.84 Å². The SMILES string of the molecule is O=[N+]([O-])c1ccc2c(c1)C=C(C1CC1)S2(=O)=O. The van der Waals surface area contributed by atoms with Crippen LogP contribution < -0.4 is 0 Å². The minimum atomic E-state index is -3.39. The van der Waals surface area contributed by atoms with Crippen LogP contribution in [0.5, 0.6) is 0 Å². The number of hydrogen-bond donors (Lipinski definition) is 0. The summed E-state index contributed by atoms with van der Waals surface area (Å²) in [6.45, 7) is 0. The van der Waals surface area contributed by atoms with E-state index < -0.39 is 14.8 Å². The normalized spacial score (nSPS) is 20.8. The zero-order valence-corrected chi connectivity index (χ0v) is 9.61. The van der Waals surface area contributed by atoms with Gasteiger partial charge in [-0.2, -0.15) is 0 Å². The number of nitro groups is 1. The third-order valence-electron chi connectivity index (χ3n) is 3.08. The maximum absolute atomic E-state index is 12.1. The quantitative estimate of drug-likeness (QED) is 0.596. The fourth-order valence-electron chi connectivity index (χ4n) is 2.07. The summed E-state index contributed by atoms with van der Waals surface area (Å²) in [6, 6.07) is 3.89. The van der Waals surface area contributed by atoms with Crippen LogP contribution in [0.15, 0.2) is 28.0 Å². The predicted molar refractivity (Wildman–Crippen MR) is 61.0 cm³/mol. The minimum absolute atomic E-state index is 0.0766. The fraction of sp³-hybridized carbons (Fsp3) is 0.273. The lowest BCUT2D eigenvalue weighted by Gasteiger charge is -2.01. The summed E-state index contributed by atoms with van der Waals surface area (Å²) in [4.78, 5) is 10.7. The smallest absolute Gasteiger partial charge is 0.258 e. The molecule has 0 radical (unpaired) electrons. The van der Waals surface area contributed by atoms with Crippen LogP contribution in [0.1, 0.15) is 18.4 Å². The molecule has 1 aliphatic carbocycles. The molecule has 0 atom stereocenters. The first-order valence-electron chi connectivity index (χ1n) is 5.25. The van der Waals surface area contributed by atoms with Crippen LogP contribution in [0.25, 0.3) is 6.08 Å². The van der Waals surface area contributed by atoms with Crippen molar-refractivity contribution in [1.29, 1.82) is 0 Å². The van der Waals surface area contributed by atoms with Gasteiger partial charge in [-0.3, -0.25) is 10.1 Å². The Morgan fingerprint density at radius 2 is 2.00 bits per heavy atom. The van der Waals surface area contributed by atoms with Crippen molar-refractivity contribution < 1.29 is 13.3 Å². The van der Waals surface area contributed by atoms with Crippen LogP contribution in [0.3, 0.4) is 0 Å². The summed E-state index contributed by atoms with van der Waals surface area (Å²) < 4.78 is 24.2. The molecule has 1 fully saturated rings. The summed E-state index contributed by atoms with van der Waals surface area (Å²) in [5, 5.41) is 10.6. The number of hydrogen-bond acceptors (Lipinski definition) is 4. The monoisotopic (exact) mass is 251 g/mol. The fourth-order valence-corrected chi connectivity index (χ4v) is 3.96. The van der Waals surface area contributed by atoms with Gasteiger partial charge in [0.2, 0.25) is 9.84 Å². The second-order valence-corrected chi connectivity index (χ2v) is 6.22. The summed E-state index contributed by atoms with van der Waals surface area (Å²) in [5.41, 5.74) is 0.369. The molecule has 1 heterocycles. The van der Waals surface area contributed by atoms with E-state index in [9.17, 15) is 18.5 Å². The first-order valence-corrected chi connectivity index (χ1v) is 6.73. The second kappa shape index (κ2) is 3.16. The van der Waals surface area contributed by atoms with Gasteiger partial charge in [0.05, 0.1) is 14.7 Å². The Morgan fingerprint density at radius 1 is 1.29 bits per heavy atom. The Bertz CT molecular complexity index is 656. The lowest BCUT2D eigenvalue weighted by Crippen LogP contribution is -2.02. The molecule has 1 aromatic rings. The molecule has 1 aliphatic heterocycles.